The first-order chi connectivity index (χ1) is 8.49. The number of hydrogen-bond donors (Lipinski definition) is 2. The average Bonchev–Trinajstić information content (AvgIpc) is 2.28. The van der Waals surface area contributed by atoms with E-state index >= 15 is 0 Å². The molecule has 1 aromatic rings. The van der Waals surface area contributed by atoms with Crippen molar-refractivity contribution in [3.05, 3.63) is 29.8 Å². The van der Waals surface area contributed by atoms with E-state index < -0.39 is 11.9 Å². The Balaban J connectivity index is 2.42. The minimum absolute atomic E-state index is 0.0735. The largest absolute Gasteiger partial charge is 0.481 e. The van der Waals surface area contributed by atoms with E-state index in [1.807, 2.05) is 0 Å². The van der Waals surface area contributed by atoms with Gasteiger partial charge in [-0.2, -0.15) is 4.39 Å². The molecule has 1 heterocycles. The van der Waals surface area contributed by atoms with E-state index in [4.69, 9.17) is 5.11 Å². The quantitative estimate of drug-likeness (QED) is 0.755. The van der Waals surface area contributed by atoms with Gasteiger partial charge in [0.05, 0.1) is 0 Å². The lowest BCUT2D eigenvalue weighted by molar-refractivity contribution is -0.137. The van der Waals surface area contributed by atoms with Gasteiger partial charge < -0.3 is 10.4 Å². The lowest BCUT2D eigenvalue weighted by Gasteiger charge is -2.13. The van der Waals surface area contributed by atoms with Gasteiger partial charge in [-0.3, -0.25) is 9.59 Å². The molecule has 0 fully saturated rings. The number of amides is 1. The summed E-state index contributed by atoms with van der Waals surface area (Å²) in [6.45, 7) is 1.78. The van der Waals surface area contributed by atoms with Crippen LogP contribution in [0.1, 0.15) is 36.5 Å². The van der Waals surface area contributed by atoms with Crippen molar-refractivity contribution in [2.75, 3.05) is 0 Å². The Hall–Kier alpha value is -1.98. The fourth-order valence-electron chi connectivity index (χ4n) is 1.48. The van der Waals surface area contributed by atoms with Crippen LogP contribution >= 0.6 is 0 Å². The molecule has 0 aliphatic heterocycles. The van der Waals surface area contributed by atoms with Crippen LogP contribution in [0.5, 0.6) is 0 Å². The molecule has 5 nitrogen and oxygen atoms in total. The molecule has 0 spiro atoms. The number of carbonyl (C=O) groups is 2. The van der Waals surface area contributed by atoms with Crippen LogP contribution in [-0.4, -0.2) is 28.0 Å². The number of aliphatic carboxylic acids is 1. The number of nitrogens with one attached hydrogen (secondary N) is 1. The van der Waals surface area contributed by atoms with Crippen LogP contribution in [0.25, 0.3) is 0 Å². The number of carboxylic acid groups (broad SMARTS) is 1. The van der Waals surface area contributed by atoms with Crippen molar-refractivity contribution in [2.45, 2.75) is 32.2 Å². The van der Waals surface area contributed by atoms with Crippen molar-refractivity contribution in [2.24, 2.45) is 0 Å². The number of aromatic nitrogens is 1. The Bertz CT molecular complexity index is 437. The normalized spacial score (nSPS) is 11.9. The molecule has 0 aliphatic carbocycles. The summed E-state index contributed by atoms with van der Waals surface area (Å²) >= 11 is 0. The molecule has 0 aliphatic rings. The molecule has 1 amide bonds. The zero-order valence-electron chi connectivity index (χ0n) is 10.0. The summed E-state index contributed by atoms with van der Waals surface area (Å²) < 4.78 is 12.8. The lowest BCUT2D eigenvalue weighted by Crippen LogP contribution is -2.32. The number of carbonyl (C=O) groups excluding carboxylic acids is 1. The van der Waals surface area contributed by atoms with Crippen LogP contribution in [0.15, 0.2) is 18.3 Å². The van der Waals surface area contributed by atoms with E-state index in [0.29, 0.717) is 12.8 Å². The van der Waals surface area contributed by atoms with E-state index in [-0.39, 0.29) is 23.9 Å². The van der Waals surface area contributed by atoms with Crippen molar-refractivity contribution in [3.8, 4) is 0 Å². The van der Waals surface area contributed by atoms with Crippen LogP contribution in [0.3, 0.4) is 0 Å². The predicted molar refractivity (Wildman–Crippen MR) is 62.6 cm³/mol. The number of nitrogens with zero attached hydrogens (tertiary/aromatic N) is 1. The average molecular weight is 254 g/mol. The molecule has 1 rings (SSSR count). The molecule has 0 radical (unpaired) electrons. The summed E-state index contributed by atoms with van der Waals surface area (Å²) in [7, 11) is 0. The third-order valence-electron chi connectivity index (χ3n) is 2.39. The zero-order chi connectivity index (χ0) is 13.5. The Morgan fingerprint density at radius 2 is 2.28 bits per heavy atom. The first-order valence-electron chi connectivity index (χ1n) is 5.63. The molecule has 2 N–H and O–H groups in total. The molecule has 1 unspecified atom stereocenters. The summed E-state index contributed by atoms with van der Waals surface area (Å²) in [5, 5.41) is 11.2. The van der Waals surface area contributed by atoms with E-state index in [9.17, 15) is 14.0 Å². The summed E-state index contributed by atoms with van der Waals surface area (Å²) in [6.07, 6.45) is 2.34. The van der Waals surface area contributed by atoms with Gasteiger partial charge in [-0.1, -0.05) is 0 Å². The van der Waals surface area contributed by atoms with Gasteiger partial charge in [0.15, 0.2) is 0 Å². The molecular weight excluding hydrogens is 239 g/mol. The second-order valence-electron chi connectivity index (χ2n) is 4.03. The van der Waals surface area contributed by atoms with Crippen LogP contribution in [0.2, 0.25) is 0 Å². The topological polar surface area (TPSA) is 79.3 Å². The number of halogens is 1. The SMILES string of the molecule is CC(CCCC(=O)O)NC(=O)c1ccnc(F)c1. The van der Waals surface area contributed by atoms with Gasteiger partial charge in [-0.25, -0.2) is 4.98 Å². The molecule has 0 bridgehead atoms. The Kier molecular flexibility index (Phi) is 5.23. The Labute approximate surface area is 104 Å². The highest BCUT2D eigenvalue weighted by Crippen LogP contribution is 2.04. The van der Waals surface area contributed by atoms with Crippen LogP contribution in [0, 0.1) is 5.95 Å². The van der Waals surface area contributed by atoms with E-state index in [1.54, 1.807) is 6.92 Å². The smallest absolute Gasteiger partial charge is 0.303 e. The molecule has 0 saturated heterocycles. The van der Waals surface area contributed by atoms with Crippen LogP contribution in [-0.2, 0) is 4.79 Å². The van der Waals surface area contributed by atoms with Crippen molar-refractivity contribution in [1.82, 2.24) is 10.3 Å². The predicted octanol–water partition coefficient (Wildman–Crippen LogP) is 1.59. The second-order valence-corrected chi connectivity index (χ2v) is 4.03. The number of rotatable bonds is 6. The van der Waals surface area contributed by atoms with Crippen LogP contribution in [0.4, 0.5) is 4.39 Å². The maximum absolute atomic E-state index is 12.8. The van der Waals surface area contributed by atoms with Gasteiger partial charge in [0.1, 0.15) is 0 Å². The van der Waals surface area contributed by atoms with Crippen LogP contribution < -0.4 is 5.32 Å². The Morgan fingerprint density at radius 1 is 1.56 bits per heavy atom. The second kappa shape index (κ2) is 6.68. The zero-order valence-corrected chi connectivity index (χ0v) is 10.0. The molecule has 1 aromatic heterocycles. The first kappa shape index (κ1) is 14.1. The van der Waals surface area contributed by atoms with Gasteiger partial charge in [0.25, 0.3) is 5.91 Å². The van der Waals surface area contributed by atoms with Gasteiger partial charge in [0.2, 0.25) is 5.95 Å². The van der Waals surface area contributed by atoms with Gasteiger partial charge in [-0.05, 0) is 25.8 Å². The summed E-state index contributed by atoms with van der Waals surface area (Å²) in [5.41, 5.74) is 0.201. The van der Waals surface area contributed by atoms with Gasteiger partial charge in [0, 0.05) is 30.3 Å². The number of carboxylic acids is 1. The van der Waals surface area contributed by atoms with Crippen molar-refractivity contribution in [3.63, 3.8) is 0 Å². The Morgan fingerprint density at radius 3 is 2.89 bits per heavy atom. The molecule has 1 atom stereocenters. The summed E-state index contributed by atoms with van der Waals surface area (Å²) in [5.74, 6) is -1.95. The van der Waals surface area contributed by atoms with Crippen molar-refractivity contribution < 1.29 is 19.1 Å². The molecule has 0 saturated carbocycles. The summed E-state index contributed by atoms with van der Waals surface area (Å²) in [6, 6.07) is 2.31. The third kappa shape index (κ3) is 4.90. The van der Waals surface area contributed by atoms with Crippen molar-refractivity contribution >= 4 is 11.9 Å². The highest BCUT2D eigenvalue weighted by molar-refractivity contribution is 5.94. The lowest BCUT2D eigenvalue weighted by atomic mass is 10.1. The highest BCUT2D eigenvalue weighted by Gasteiger charge is 2.11. The standard InChI is InChI=1S/C12H15FN2O3/c1-8(3-2-4-11(16)17)15-12(18)9-5-6-14-10(13)7-9/h5-8H,2-4H2,1H3,(H,15,18)(H,16,17). The molecular formula is C12H15FN2O3. The highest BCUT2D eigenvalue weighted by atomic mass is 19.1. The van der Waals surface area contributed by atoms with E-state index in [2.05, 4.69) is 10.3 Å². The molecule has 18 heavy (non-hydrogen) atoms. The maximum atomic E-state index is 12.8. The third-order valence-corrected chi connectivity index (χ3v) is 2.39. The first-order valence-corrected chi connectivity index (χ1v) is 5.63. The van der Waals surface area contributed by atoms with E-state index in [1.165, 1.54) is 12.3 Å². The monoisotopic (exact) mass is 254 g/mol. The number of pyridine rings is 1. The van der Waals surface area contributed by atoms with Gasteiger partial charge in [-0.15, -0.1) is 0 Å². The van der Waals surface area contributed by atoms with E-state index in [0.717, 1.165) is 6.07 Å². The molecule has 98 valence electrons. The minimum Gasteiger partial charge on any atom is -0.481 e. The fraction of sp³-hybridized carbons (Fsp3) is 0.417. The molecule has 0 aromatic carbocycles. The number of hydrogen-bond acceptors (Lipinski definition) is 3. The minimum atomic E-state index is -0.857. The maximum Gasteiger partial charge on any atom is 0.303 e. The summed E-state index contributed by atoms with van der Waals surface area (Å²) in [4.78, 5) is 25.4. The van der Waals surface area contributed by atoms with Crippen molar-refractivity contribution in [1.29, 1.82) is 0 Å². The fourth-order valence-corrected chi connectivity index (χ4v) is 1.48. The van der Waals surface area contributed by atoms with Gasteiger partial charge >= 0.3 is 5.97 Å². The molecule has 6 heteroatoms.